The molecule has 4 rings (SSSR count). The summed E-state index contributed by atoms with van der Waals surface area (Å²) < 4.78 is 51.1. The number of halogens is 3. The fourth-order valence-electron chi connectivity index (χ4n) is 4.25. The van der Waals surface area contributed by atoms with Gasteiger partial charge in [-0.05, 0) is 61.2 Å². The number of aryl methyl sites for hydroxylation is 1. The van der Waals surface area contributed by atoms with Crippen LogP contribution in [-0.4, -0.2) is 28.3 Å². The average molecular weight is 623 g/mol. The first-order chi connectivity index (χ1) is 21.2. The minimum Gasteiger partial charge on any atom is -0.444 e. The van der Waals surface area contributed by atoms with Gasteiger partial charge in [0.1, 0.15) is 5.60 Å². The van der Waals surface area contributed by atoms with Crippen molar-refractivity contribution in [1.82, 2.24) is 15.2 Å². The molecule has 0 aliphatic carbocycles. The zero-order chi connectivity index (χ0) is 32.8. The van der Waals surface area contributed by atoms with Crippen LogP contribution >= 0.6 is 0 Å². The Labute approximate surface area is 258 Å². The van der Waals surface area contributed by atoms with Crippen molar-refractivity contribution < 1.29 is 37.0 Å². The number of carbonyl (C=O) groups is 3. The maximum absolute atomic E-state index is 13.1. The van der Waals surface area contributed by atoms with E-state index in [4.69, 9.17) is 9.47 Å². The second-order valence-corrected chi connectivity index (χ2v) is 11.2. The van der Waals surface area contributed by atoms with Crippen LogP contribution in [0.2, 0.25) is 0 Å². The molecule has 3 amide bonds. The Balaban J connectivity index is 1.31. The number of anilines is 1. The van der Waals surface area contributed by atoms with E-state index >= 15 is 0 Å². The van der Waals surface area contributed by atoms with Crippen molar-refractivity contribution in [2.45, 2.75) is 45.6 Å². The Kier molecular flexibility index (Phi) is 9.85. The van der Waals surface area contributed by atoms with Crippen molar-refractivity contribution in [3.05, 3.63) is 107 Å². The number of nitrogens with one attached hydrogen (secondary N) is 3. The van der Waals surface area contributed by atoms with Gasteiger partial charge in [0.05, 0.1) is 11.3 Å². The molecule has 236 valence electrons. The molecule has 4 aromatic rings. The van der Waals surface area contributed by atoms with Crippen LogP contribution in [0.3, 0.4) is 0 Å². The molecule has 0 aliphatic heterocycles. The summed E-state index contributed by atoms with van der Waals surface area (Å²) in [6.07, 6.45) is -4.13. The third kappa shape index (κ3) is 9.36. The van der Waals surface area contributed by atoms with Crippen LogP contribution in [0, 0.1) is 0 Å². The smallest absolute Gasteiger partial charge is 0.416 e. The molecule has 0 fully saturated rings. The lowest BCUT2D eigenvalue weighted by atomic mass is 9.98. The third-order valence-corrected chi connectivity index (χ3v) is 6.40. The second-order valence-electron chi connectivity index (χ2n) is 11.2. The highest BCUT2D eigenvalue weighted by molar-refractivity contribution is 6.08. The zero-order valence-corrected chi connectivity index (χ0v) is 25.1. The van der Waals surface area contributed by atoms with Gasteiger partial charge in [0.25, 0.3) is 5.91 Å². The molecule has 12 heteroatoms. The Morgan fingerprint density at radius 3 is 1.96 bits per heavy atom. The van der Waals surface area contributed by atoms with Gasteiger partial charge in [-0.2, -0.15) is 13.2 Å². The van der Waals surface area contributed by atoms with E-state index in [-0.39, 0.29) is 24.5 Å². The fourth-order valence-corrected chi connectivity index (χ4v) is 4.25. The summed E-state index contributed by atoms with van der Waals surface area (Å²) in [5, 5.41) is 8.09. The van der Waals surface area contributed by atoms with E-state index in [2.05, 4.69) is 16.0 Å². The SMILES string of the molecule is Cn1cc(NC(=O)c2ccccc2-c2ccc(C(F)(F)F)cc2)cc1OC(=O)NCc1ccc(CNC(=O)OC(C)(C)C)cc1. The Bertz CT molecular complexity index is 1660. The van der Waals surface area contributed by atoms with Crippen LogP contribution in [-0.2, 0) is 31.1 Å². The molecular formula is C33H33F3N4O5. The molecule has 0 bridgehead atoms. The van der Waals surface area contributed by atoms with Crippen molar-refractivity contribution in [3.63, 3.8) is 0 Å². The van der Waals surface area contributed by atoms with E-state index in [0.717, 1.165) is 23.3 Å². The molecule has 45 heavy (non-hydrogen) atoms. The largest absolute Gasteiger partial charge is 0.444 e. The zero-order valence-electron chi connectivity index (χ0n) is 25.1. The first-order valence-corrected chi connectivity index (χ1v) is 13.9. The Morgan fingerprint density at radius 1 is 0.800 bits per heavy atom. The molecule has 0 saturated heterocycles. The maximum atomic E-state index is 13.1. The molecular weight excluding hydrogens is 589 g/mol. The lowest BCUT2D eigenvalue weighted by molar-refractivity contribution is -0.137. The summed E-state index contributed by atoms with van der Waals surface area (Å²) in [5.41, 5.74) is 1.81. The number of carbonyl (C=O) groups excluding carboxylic acids is 3. The van der Waals surface area contributed by atoms with Crippen molar-refractivity contribution in [1.29, 1.82) is 0 Å². The number of hydrogen-bond acceptors (Lipinski definition) is 5. The molecule has 0 radical (unpaired) electrons. The molecule has 0 unspecified atom stereocenters. The van der Waals surface area contributed by atoms with Crippen LogP contribution in [0.1, 0.15) is 47.8 Å². The van der Waals surface area contributed by atoms with E-state index in [1.165, 1.54) is 22.8 Å². The molecule has 1 aromatic heterocycles. The minimum absolute atomic E-state index is 0.169. The van der Waals surface area contributed by atoms with Gasteiger partial charge in [-0.3, -0.25) is 4.79 Å². The summed E-state index contributed by atoms with van der Waals surface area (Å²) in [5.74, 6) is -0.320. The first kappa shape index (κ1) is 32.6. The van der Waals surface area contributed by atoms with Gasteiger partial charge in [0.2, 0.25) is 5.88 Å². The highest BCUT2D eigenvalue weighted by Gasteiger charge is 2.30. The highest BCUT2D eigenvalue weighted by Crippen LogP contribution is 2.32. The van der Waals surface area contributed by atoms with Gasteiger partial charge < -0.3 is 30.0 Å². The standard InChI is InChI=1S/C33H33F3N4O5/c1-32(2,3)45-31(43)38-19-22-11-9-21(10-12-22)18-37-30(42)44-28-17-25(20-40(28)4)39-29(41)27-8-6-5-7-26(27)23-13-15-24(16-14-23)33(34,35)36/h5-17,20H,18-19H2,1-4H3,(H,37,42)(H,38,43)(H,39,41). The quantitative estimate of drug-likeness (QED) is 0.191. The average Bonchev–Trinajstić information content (AvgIpc) is 3.31. The Morgan fingerprint density at radius 2 is 1.38 bits per heavy atom. The molecule has 0 spiro atoms. The van der Waals surface area contributed by atoms with Gasteiger partial charge in [-0.1, -0.05) is 54.6 Å². The molecule has 3 aromatic carbocycles. The monoisotopic (exact) mass is 622 g/mol. The highest BCUT2D eigenvalue weighted by atomic mass is 19.4. The lowest BCUT2D eigenvalue weighted by Gasteiger charge is -2.19. The van der Waals surface area contributed by atoms with Gasteiger partial charge >= 0.3 is 18.4 Å². The summed E-state index contributed by atoms with van der Waals surface area (Å²) in [7, 11) is 1.64. The van der Waals surface area contributed by atoms with Crippen molar-refractivity contribution in [3.8, 4) is 17.0 Å². The number of ether oxygens (including phenoxy) is 2. The van der Waals surface area contributed by atoms with Crippen LogP contribution in [0.5, 0.6) is 5.88 Å². The number of alkyl halides is 3. The number of amides is 3. The lowest BCUT2D eigenvalue weighted by Crippen LogP contribution is -2.32. The summed E-state index contributed by atoms with van der Waals surface area (Å²) >= 11 is 0. The van der Waals surface area contributed by atoms with Crippen LogP contribution in [0.4, 0.5) is 28.4 Å². The van der Waals surface area contributed by atoms with Crippen molar-refractivity contribution in [2.24, 2.45) is 7.05 Å². The van der Waals surface area contributed by atoms with Gasteiger partial charge in [-0.25, -0.2) is 9.59 Å². The maximum Gasteiger partial charge on any atom is 0.416 e. The van der Waals surface area contributed by atoms with Gasteiger partial charge in [-0.15, -0.1) is 0 Å². The second kappa shape index (κ2) is 13.6. The number of alkyl carbamates (subject to hydrolysis) is 1. The minimum atomic E-state index is -4.46. The molecule has 9 nitrogen and oxygen atoms in total. The summed E-state index contributed by atoms with van der Waals surface area (Å²) in [4.78, 5) is 37.4. The van der Waals surface area contributed by atoms with Crippen LogP contribution in [0.25, 0.3) is 11.1 Å². The fraction of sp³-hybridized carbons (Fsp3) is 0.242. The predicted octanol–water partition coefficient (Wildman–Crippen LogP) is 7.28. The van der Waals surface area contributed by atoms with Gasteiger partial charge in [0.15, 0.2) is 0 Å². The molecule has 0 aliphatic rings. The van der Waals surface area contributed by atoms with Gasteiger partial charge in [0, 0.05) is 38.0 Å². The Hall–Kier alpha value is -5.26. The number of hydrogen-bond donors (Lipinski definition) is 3. The number of aromatic nitrogens is 1. The summed E-state index contributed by atoms with van der Waals surface area (Å²) in [6.45, 7) is 5.83. The third-order valence-electron chi connectivity index (χ3n) is 6.40. The predicted molar refractivity (Wildman–Crippen MR) is 163 cm³/mol. The van der Waals surface area contributed by atoms with E-state index < -0.39 is 35.4 Å². The van der Waals surface area contributed by atoms with Crippen LogP contribution in [0.15, 0.2) is 85.1 Å². The van der Waals surface area contributed by atoms with Crippen molar-refractivity contribution in [2.75, 3.05) is 5.32 Å². The number of rotatable bonds is 8. The normalized spacial score (nSPS) is 11.4. The summed E-state index contributed by atoms with van der Waals surface area (Å²) in [6, 6.07) is 19.9. The van der Waals surface area contributed by atoms with E-state index in [1.807, 2.05) is 24.3 Å². The van der Waals surface area contributed by atoms with Crippen LogP contribution < -0.4 is 20.7 Å². The molecule has 0 atom stereocenters. The molecule has 0 saturated carbocycles. The molecule has 1 heterocycles. The topological polar surface area (TPSA) is 111 Å². The number of nitrogens with zero attached hydrogens (tertiary/aromatic N) is 1. The number of benzene rings is 3. The van der Waals surface area contributed by atoms with Crippen molar-refractivity contribution >= 4 is 23.8 Å². The first-order valence-electron chi connectivity index (χ1n) is 13.9. The van der Waals surface area contributed by atoms with E-state index in [1.54, 1.807) is 58.3 Å². The van der Waals surface area contributed by atoms with E-state index in [0.29, 0.717) is 16.8 Å². The van der Waals surface area contributed by atoms with E-state index in [9.17, 15) is 27.6 Å². The molecule has 3 N–H and O–H groups in total.